The van der Waals surface area contributed by atoms with E-state index in [9.17, 15) is 14.9 Å². The molecule has 5 nitrogen and oxygen atoms in total. The second kappa shape index (κ2) is 10.2. The lowest BCUT2D eigenvalue weighted by Crippen LogP contribution is -2.32. The molecule has 1 aromatic heterocycles. The SMILES string of the molecule is Cc1ccc(/C=C(\C#N)C(=O)OCC(=O)N[C@H](c2ccccc2)c2cccs2)cc1. The topological polar surface area (TPSA) is 79.2 Å². The summed E-state index contributed by atoms with van der Waals surface area (Å²) in [5.41, 5.74) is 2.55. The van der Waals surface area contributed by atoms with Gasteiger partial charge in [-0.1, -0.05) is 66.2 Å². The highest BCUT2D eigenvalue weighted by atomic mass is 32.1. The lowest BCUT2D eigenvalue weighted by Gasteiger charge is -2.18. The molecule has 3 aromatic rings. The first-order valence-electron chi connectivity index (χ1n) is 9.30. The monoisotopic (exact) mass is 416 g/mol. The molecular formula is C24H20N2O3S. The van der Waals surface area contributed by atoms with E-state index in [1.54, 1.807) is 12.1 Å². The molecule has 0 unspecified atom stereocenters. The third-order valence-corrected chi connectivity index (χ3v) is 5.27. The second-order valence-corrected chi connectivity index (χ2v) is 7.56. The third kappa shape index (κ3) is 5.66. The van der Waals surface area contributed by atoms with Gasteiger partial charge in [0.1, 0.15) is 11.6 Å². The number of ether oxygens (including phenoxy) is 1. The van der Waals surface area contributed by atoms with Crippen LogP contribution in [0.1, 0.15) is 27.6 Å². The van der Waals surface area contributed by atoms with Gasteiger partial charge in [-0.15, -0.1) is 11.3 Å². The molecule has 0 aliphatic heterocycles. The van der Waals surface area contributed by atoms with Crippen LogP contribution in [-0.4, -0.2) is 18.5 Å². The Hall–Kier alpha value is -3.69. The fourth-order valence-electron chi connectivity index (χ4n) is 2.80. The maximum absolute atomic E-state index is 12.4. The van der Waals surface area contributed by atoms with Crippen LogP contribution in [0.2, 0.25) is 0 Å². The molecule has 0 saturated heterocycles. The zero-order chi connectivity index (χ0) is 21.3. The summed E-state index contributed by atoms with van der Waals surface area (Å²) >= 11 is 1.53. The summed E-state index contributed by atoms with van der Waals surface area (Å²) in [7, 11) is 0. The van der Waals surface area contributed by atoms with Crippen molar-refractivity contribution < 1.29 is 14.3 Å². The molecule has 0 bridgehead atoms. The fraction of sp³-hybridized carbons (Fsp3) is 0.125. The maximum atomic E-state index is 12.4. The Morgan fingerprint density at radius 2 is 1.83 bits per heavy atom. The Morgan fingerprint density at radius 3 is 2.47 bits per heavy atom. The van der Waals surface area contributed by atoms with E-state index < -0.39 is 18.5 Å². The molecule has 2 aromatic carbocycles. The van der Waals surface area contributed by atoms with Crippen molar-refractivity contribution in [3.63, 3.8) is 0 Å². The van der Waals surface area contributed by atoms with Crippen LogP contribution >= 0.6 is 11.3 Å². The van der Waals surface area contributed by atoms with Crippen molar-refractivity contribution in [2.24, 2.45) is 0 Å². The zero-order valence-corrected chi connectivity index (χ0v) is 17.2. The number of amides is 1. The van der Waals surface area contributed by atoms with E-state index in [0.717, 1.165) is 16.0 Å². The molecule has 1 heterocycles. The van der Waals surface area contributed by atoms with Crippen LogP contribution in [0.3, 0.4) is 0 Å². The normalized spacial score (nSPS) is 11.9. The van der Waals surface area contributed by atoms with Crippen LogP contribution in [0.5, 0.6) is 0 Å². The minimum atomic E-state index is -0.833. The van der Waals surface area contributed by atoms with Gasteiger partial charge in [0.05, 0.1) is 6.04 Å². The largest absolute Gasteiger partial charge is 0.451 e. The summed E-state index contributed by atoms with van der Waals surface area (Å²) in [4.78, 5) is 25.7. The van der Waals surface area contributed by atoms with Gasteiger partial charge in [0.15, 0.2) is 6.61 Å². The molecule has 30 heavy (non-hydrogen) atoms. The summed E-state index contributed by atoms with van der Waals surface area (Å²) in [5, 5.41) is 14.1. The van der Waals surface area contributed by atoms with Crippen molar-refractivity contribution in [2.45, 2.75) is 13.0 Å². The van der Waals surface area contributed by atoms with Crippen LogP contribution in [0.4, 0.5) is 0 Å². The molecule has 0 aliphatic rings. The Kier molecular flexibility index (Phi) is 7.14. The lowest BCUT2D eigenvalue weighted by atomic mass is 10.1. The van der Waals surface area contributed by atoms with Gasteiger partial charge >= 0.3 is 5.97 Å². The van der Waals surface area contributed by atoms with Crippen LogP contribution < -0.4 is 5.32 Å². The molecule has 0 aliphatic carbocycles. The quantitative estimate of drug-likeness (QED) is 0.351. The second-order valence-electron chi connectivity index (χ2n) is 6.58. The van der Waals surface area contributed by atoms with Gasteiger partial charge in [0, 0.05) is 4.88 Å². The summed E-state index contributed by atoms with van der Waals surface area (Å²) in [6.07, 6.45) is 1.44. The van der Waals surface area contributed by atoms with Gasteiger partial charge in [-0.25, -0.2) is 4.79 Å². The van der Waals surface area contributed by atoms with Gasteiger partial charge in [-0.2, -0.15) is 5.26 Å². The highest BCUT2D eigenvalue weighted by Gasteiger charge is 2.19. The number of nitriles is 1. The van der Waals surface area contributed by atoms with Crippen LogP contribution in [0.15, 0.2) is 77.7 Å². The zero-order valence-electron chi connectivity index (χ0n) is 16.4. The number of carbonyl (C=O) groups is 2. The Bertz CT molecular complexity index is 1070. The molecular weight excluding hydrogens is 396 g/mol. The number of nitrogens with zero attached hydrogens (tertiary/aromatic N) is 1. The average molecular weight is 417 g/mol. The average Bonchev–Trinajstić information content (AvgIpc) is 3.30. The van der Waals surface area contributed by atoms with Gasteiger partial charge in [0.25, 0.3) is 5.91 Å². The number of rotatable bonds is 7. The Morgan fingerprint density at radius 1 is 1.10 bits per heavy atom. The summed E-state index contributed by atoms with van der Waals surface area (Å²) in [5.74, 6) is -1.28. The van der Waals surface area contributed by atoms with Crippen LogP contribution in [0.25, 0.3) is 6.08 Å². The van der Waals surface area contributed by atoms with Gasteiger partial charge < -0.3 is 10.1 Å². The first kappa shape index (κ1) is 21.0. The highest BCUT2D eigenvalue weighted by molar-refractivity contribution is 7.10. The number of benzene rings is 2. The van der Waals surface area contributed by atoms with E-state index >= 15 is 0 Å². The van der Waals surface area contributed by atoms with Crippen molar-refractivity contribution >= 4 is 29.3 Å². The third-order valence-electron chi connectivity index (χ3n) is 4.33. The molecule has 0 saturated carbocycles. The molecule has 0 radical (unpaired) electrons. The fourth-order valence-corrected chi connectivity index (χ4v) is 3.60. The summed E-state index contributed by atoms with van der Waals surface area (Å²) in [6.45, 7) is 1.48. The van der Waals surface area contributed by atoms with E-state index in [-0.39, 0.29) is 11.6 Å². The van der Waals surface area contributed by atoms with E-state index in [2.05, 4.69) is 5.32 Å². The molecule has 6 heteroatoms. The minimum absolute atomic E-state index is 0.162. The van der Waals surface area contributed by atoms with Crippen molar-refractivity contribution in [1.29, 1.82) is 5.26 Å². The molecule has 0 fully saturated rings. The molecule has 1 amide bonds. The molecule has 0 spiro atoms. The van der Waals surface area contributed by atoms with Crippen molar-refractivity contribution in [1.82, 2.24) is 5.32 Å². The first-order valence-corrected chi connectivity index (χ1v) is 10.2. The van der Waals surface area contributed by atoms with Gasteiger partial charge in [-0.05, 0) is 35.6 Å². The smallest absolute Gasteiger partial charge is 0.349 e. The number of hydrogen-bond acceptors (Lipinski definition) is 5. The first-order chi connectivity index (χ1) is 14.6. The van der Waals surface area contributed by atoms with Crippen LogP contribution in [-0.2, 0) is 14.3 Å². The molecule has 1 atom stereocenters. The standard InChI is InChI=1S/C24H20N2O3S/c1-17-9-11-18(12-10-17)14-20(15-25)24(28)29-16-22(27)26-23(21-8-5-13-30-21)19-6-3-2-4-7-19/h2-14,23H,16H2,1H3,(H,26,27)/b20-14+/t23-/m1/s1. The Labute approximate surface area is 179 Å². The van der Waals surface area contributed by atoms with Crippen molar-refractivity contribution in [3.05, 3.63) is 99.3 Å². The van der Waals surface area contributed by atoms with Crippen LogP contribution in [0, 0.1) is 18.3 Å². The highest BCUT2D eigenvalue weighted by Crippen LogP contribution is 2.25. The Balaban J connectivity index is 1.64. The van der Waals surface area contributed by atoms with E-state index in [4.69, 9.17) is 4.74 Å². The van der Waals surface area contributed by atoms with Gasteiger partial charge in [0.2, 0.25) is 0 Å². The summed E-state index contributed by atoms with van der Waals surface area (Å²) in [6, 6.07) is 22.3. The minimum Gasteiger partial charge on any atom is -0.451 e. The van der Waals surface area contributed by atoms with Crippen molar-refractivity contribution in [2.75, 3.05) is 6.61 Å². The molecule has 150 valence electrons. The number of aryl methyl sites for hydroxylation is 1. The van der Waals surface area contributed by atoms with Gasteiger partial charge in [-0.3, -0.25) is 4.79 Å². The lowest BCUT2D eigenvalue weighted by molar-refractivity contribution is -0.144. The van der Waals surface area contributed by atoms with Crippen molar-refractivity contribution in [3.8, 4) is 6.07 Å². The number of thiophene rings is 1. The number of hydrogen-bond donors (Lipinski definition) is 1. The van der Waals surface area contributed by atoms with E-state index in [1.807, 2.05) is 73.0 Å². The summed E-state index contributed by atoms with van der Waals surface area (Å²) < 4.78 is 5.07. The van der Waals surface area contributed by atoms with E-state index in [1.165, 1.54) is 17.4 Å². The number of nitrogens with one attached hydrogen (secondary N) is 1. The molecule has 3 rings (SSSR count). The maximum Gasteiger partial charge on any atom is 0.349 e. The molecule has 1 N–H and O–H groups in total. The number of esters is 1. The van der Waals surface area contributed by atoms with E-state index in [0.29, 0.717) is 5.56 Å². The predicted molar refractivity (Wildman–Crippen MR) is 116 cm³/mol. The predicted octanol–water partition coefficient (Wildman–Crippen LogP) is 4.41. The number of carbonyl (C=O) groups excluding carboxylic acids is 2.